The van der Waals surface area contributed by atoms with Crippen molar-refractivity contribution in [2.75, 3.05) is 11.9 Å². The van der Waals surface area contributed by atoms with E-state index in [0.29, 0.717) is 23.8 Å². The van der Waals surface area contributed by atoms with Crippen LogP contribution in [0.3, 0.4) is 0 Å². The van der Waals surface area contributed by atoms with Crippen LogP contribution in [0.1, 0.15) is 16.1 Å². The lowest BCUT2D eigenvalue weighted by Gasteiger charge is -2.07. The Morgan fingerprint density at radius 1 is 1.53 bits per heavy atom. The van der Waals surface area contributed by atoms with Gasteiger partial charge in [0.25, 0.3) is 5.91 Å². The van der Waals surface area contributed by atoms with Crippen LogP contribution in [0, 0.1) is 6.92 Å². The molecule has 2 aromatic rings. The van der Waals surface area contributed by atoms with Crippen molar-refractivity contribution in [2.45, 2.75) is 13.5 Å². The van der Waals surface area contributed by atoms with E-state index in [2.05, 4.69) is 10.3 Å². The molecule has 0 unspecified atom stereocenters. The number of nitrogens with zero attached hydrogens (tertiary/aromatic N) is 2. The SMILES string of the molecule is Cc1cc(Cl)ccc1NC(=O)c1cn(CCN)cn1. The summed E-state index contributed by atoms with van der Waals surface area (Å²) >= 11 is 5.87. The first-order valence-electron chi connectivity index (χ1n) is 5.89. The summed E-state index contributed by atoms with van der Waals surface area (Å²) in [4.78, 5) is 16.1. The molecule has 1 amide bonds. The average Bonchev–Trinajstić information content (AvgIpc) is 2.82. The van der Waals surface area contributed by atoms with E-state index in [0.717, 1.165) is 11.3 Å². The minimum atomic E-state index is -0.249. The third-order valence-corrected chi connectivity index (χ3v) is 2.92. The molecule has 0 radical (unpaired) electrons. The second-order valence-electron chi connectivity index (χ2n) is 4.20. The van der Waals surface area contributed by atoms with Crippen molar-refractivity contribution < 1.29 is 4.79 Å². The molecule has 5 nitrogen and oxygen atoms in total. The number of aromatic nitrogens is 2. The molecule has 100 valence electrons. The number of halogens is 1. The van der Waals surface area contributed by atoms with Gasteiger partial charge in [0.05, 0.1) is 6.33 Å². The van der Waals surface area contributed by atoms with E-state index in [1.165, 1.54) is 0 Å². The Labute approximate surface area is 116 Å². The summed E-state index contributed by atoms with van der Waals surface area (Å²) in [5.41, 5.74) is 7.44. The van der Waals surface area contributed by atoms with E-state index in [1.54, 1.807) is 35.3 Å². The van der Waals surface area contributed by atoms with Crippen LogP contribution in [0.5, 0.6) is 0 Å². The molecule has 0 saturated heterocycles. The van der Waals surface area contributed by atoms with Gasteiger partial charge in [-0.1, -0.05) is 11.6 Å². The molecule has 0 spiro atoms. The standard InChI is InChI=1S/C13H15ClN4O/c1-9-6-10(14)2-3-11(9)17-13(19)12-7-18(5-4-15)8-16-12/h2-3,6-8H,4-5,15H2,1H3,(H,17,19). The quantitative estimate of drug-likeness (QED) is 0.899. The highest BCUT2D eigenvalue weighted by Gasteiger charge is 2.10. The van der Waals surface area contributed by atoms with Gasteiger partial charge in [-0.05, 0) is 30.7 Å². The molecule has 2 rings (SSSR count). The predicted molar refractivity (Wildman–Crippen MR) is 75.4 cm³/mol. The molecule has 1 heterocycles. The smallest absolute Gasteiger partial charge is 0.275 e. The number of amides is 1. The number of hydrogen-bond acceptors (Lipinski definition) is 3. The van der Waals surface area contributed by atoms with Gasteiger partial charge in [0.15, 0.2) is 0 Å². The number of carbonyl (C=O) groups is 1. The van der Waals surface area contributed by atoms with Crippen molar-refractivity contribution in [1.29, 1.82) is 0 Å². The zero-order valence-electron chi connectivity index (χ0n) is 10.6. The number of carbonyl (C=O) groups excluding carboxylic acids is 1. The summed E-state index contributed by atoms with van der Waals surface area (Å²) in [6, 6.07) is 5.30. The first-order chi connectivity index (χ1) is 9.10. The Morgan fingerprint density at radius 3 is 3.00 bits per heavy atom. The Morgan fingerprint density at radius 2 is 2.32 bits per heavy atom. The highest BCUT2D eigenvalue weighted by molar-refractivity contribution is 6.30. The number of imidazole rings is 1. The van der Waals surface area contributed by atoms with E-state index in [4.69, 9.17) is 17.3 Å². The third-order valence-electron chi connectivity index (χ3n) is 2.69. The Bertz CT molecular complexity index is 594. The number of rotatable bonds is 4. The third kappa shape index (κ3) is 3.33. The second kappa shape index (κ2) is 5.86. The normalized spacial score (nSPS) is 10.5. The summed E-state index contributed by atoms with van der Waals surface area (Å²) in [5.74, 6) is -0.249. The molecule has 0 saturated carbocycles. The second-order valence-corrected chi connectivity index (χ2v) is 4.64. The van der Waals surface area contributed by atoms with Crippen LogP contribution < -0.4 is 11.1 Å². The largest absolute Gasteiger partial charge is 0.335 e. The molecule has 1 aromatic heterocycles. The lowest BCUT2D eigenvalue weighted by Crippen LogP contribution is -2.13. The fraction of sp³-hybridized carbons (Fsp3) is 0.231. The molecule has 0 atom stereocenters. The molecule has 0 aliphatic carbocycles. The van der Waals surface area contributed by atoms with Crippen molar-refractivity contribution >= 4 is 23.2 Å². The van der Waals surface area contributed by atoms with E-state index in [-0.39, 0.29) is 5.91 Å². The molecule has 6 heteroatoms. The van der Waals surface area contributed by atoms with Gasteiger partial charge in [-0.2, -0.15) is 0 Å². The first kappa shape index (κ1) is 13.6. The van der Waals surface area contributed by atoms with Crippen LogP contribution in [0.4, 0.5) is 5.69 Å². The Balaban J connectivity index is 2.11. The number of hydrogen-bond donors (Lipinski definition) is 2. The predicted octanol–water partition coefficient (Wildman–Crippen LogP) is 2.06. The number of benzene rings is 1. The van der Waals surface area contributed by atoms with Crippen LogP contribution >= 0.6 is 11.6 Å². The summed E-state index contributed by atoms with van der Waals surface area (Å²) in [5, 5.41) is 3.45. The summed E-state index contributed by atoms with van der Waals surface area (Å²) in [6.07, 6.45) is 3.27. The topological polar surface area (TPSA) is 72.9 Å². The van der Waals surface area contributed by atoms with Crippen LogP contribution in [0.15, 0.2) is 30.7 Å². The van der Waals surface area contributed by atoms with E-state index >= 15 is 0 Å². The van der Waals surface area contributed by atoms with Gasteiger partial charge in [0.2, 0.25) is 0 Å². The minimum absolute atomic E-state index is 0.249. The van der Waals surface area contributed by atoms with Gasteiger partial charge in [-0.25, -0.2) is 4.98 Å². The van der Waals surface area contributed by atoms with Gasteiger partial charge < -0.3 is 15.6 Å². The highest BCUT2D eigenvalue weighted by atomic mass is 35.5. The summed E-state index contributed by atoms with van der Waals surface area (Å²) in [6.45, 7) is 3.03. The van der Waals surface area contributed by atoms with Gasteiger partial charge in [0, 0.05) is 30.0 Å². The molecule has 1 aromatic carbocycles. The van der Waals surface area contributed by atoms with Gasteiger partial charge >= 0.3 is 0 Å². The van der Waals surface area contributed by atoms with Gasteiger partial charge in [-0.15, -0.1) is 0 Å². The van der Waals surface area contributed by atoms with E-state index in [9.17, 15) is 4.79 Å². The number of aryl methyl sites for hydroxylation is 1. The number of anilines is 1. The number of nitrogens with one attached hydrogen (secondary N) is 1. The summed E-state index contributed by atoms with van der Waals surface area (Å²) < 4.78 is 1.78. The maximum Gasteiger partial charge on any atom is 0.275 e. The fourth-order valence-electron chi connectivity index (χ4n) is 1.70. The van der Waals surface area contributed by atoms with Crippen LogP contribution in [-0.4, -0.2) is 22.0 Å². The van der Waals surface area contributed by atoms with Crippen molar-refractivity contribution in [3.8, 4) is 0 Å². The van der Waals surface area contributed by atoms with E-state index < -0.39 is 0 Å². The van der Waals surface area contributed by atoms with Crippen molar-refractivity contribution in [1.82, 2.24) is 9.55 Å². The Hall–Kier alpha value is -1.85. The van der Waals surface area contributed by atoms with E-state index in [1.807, 2.05) is 6.92 Å². The Kier molecular flexibility index (Phi) is 4.19. The fourth-order valence-corrected chi connectivity index (χ4v) is 1.93. The lowest BCUT2D eigenvalue weighted by atomic mass is 10.2. The molecular weight excluding hydrogens is 264 g/mol. The van der Waals surface area contributed by atoms with Gasteiger partial charge in [-0.3, -0.25) is 4.79 Å². The average molecular weight is 279 g/mol. The van der Waals surface area contributed by atoms with Crippen LogP contribution in [0.25, 0.3) is 0 Å². The van der Waals surface area contributed by atoms with Gasteiger partial charge in [0.1, 0.15) is 5.69 Å². The molecular formula is C13H15ClN4O. The van der Waals surface area contributed by atoms with Crippen molar-refractivity contribution in [3.05, 3.63) is 47.0 Å². The van der Waals surface area contributed by atoms with Crippen LogP contribution in [-0.2, 0) is 6.54 Å². The molecule has 3 N–H and O–H groups in total. The van der Waals surface area contributed by atoms with Crippen molar-refractivity contribution in [3.63, 3.8) is 0 Å². The maximum absolute atomic E-state index is 12.0. The molecule has 0 aliphatic heterocycles. The highest BCUT2D eigenvalue weighted by Crippen LogP contribution is 2.20. The molecule has 0 aliphatic rings. The first-order valence-corrected chi connectivity index (χ1v) is 6.27. The minimum Gasteiger partial charge on any atom is -0.335 e. The monoisotopic (exact) mass is 278 g/mol. The number of nitrogens with two attached hydrogens (primary N) is 1. The zero-order valence-corrected chi connectivity index (χ0v) is 11.3. The van der Waals surface area contributed by atoms with Crippen LogP contribution in [0.2, 0.25) is 5.02 Å². The molecule has 0 fully saturated rings. The molecule has 19 heavy (non-hydrogen) atoms. The summed E-state index contributed by atoms with van der Waals surface area (Å²) in [7, 11) is 0. The zero-order chi connectivity index (χ0) is 13.8. The van der Waals surface area contributed by atoms with Crippen molar-refractivity contribution in [2.24, 2.45) is 5.73 Å². The molecule has 0 bridgehead atoms. The lowest BCUT2D eigenvalue weighted by molar-refractivity contribution is 0.102. The maximum atomic E-state index is 12.0.